The summed E-state index contributed by atoms with van der Waals surface area (Å²) in [7, 11) is 0. The van der Waals surface area contributed by atoms with Crippen molar-refractivity contribution in [3.8, 4) is 0 Å². The Bertz CT molecular complexity index is 822. The van der Waals surface area contributed by atoms with Crippen LogP contribution in [0.5, 0.6) is 0 Å². The molecular weight excluding hydrogens is 481 g/mol. The lowest BCUT2D eigenvalue weighted by Gasteiger charge is -2.26. The summed E-state index contributed by atoms with van der Waals surface area (Å²) in [5, 5.41) is 6.78. The molecule has 0 atom stereocenters. The molecule has 0 spiro atoms. The molecule has 2 fully saturated rings. The van der Waals surface area contributed by atoms with Crippen molar-refractivity contribution < 1.29 is 4.74 Å². The van der Waals surface area contributed by atoms with Crippen LogP contribution in [-0.2, 0) is 4.74 Å². The number of nitrogens with zero attached hydrogens (tertiary/aromatic N) is 5. The molecule has 29 heavy (non-hydrogen) atoms. The quantitative estimate of drug-likeness (QED) is 0.552. The molecule has 8 nitrogen and oxygen atoms in total. The van der Waals surface area contributed by atoms with E-state index >= 15 is 0 Å². The van der Waals surface area contributed by atoms with Gasteiger partial charge in [-0.15, -0.1) is 0 Å². The van der Waals surface area contributed by atoms with Crippen molar-refractivity contribution in [2.75, 3.05) is 68.0 Å². The number of hydrogen-bond donors (Lipinski definition) is 2. The summed E-state index contributed by atoms with van der Waals surface area (Å²) in [5.74, 6) is 1.96. The van der Waals surface area contributed by atoms with Gasteiger partial charge in [-0.25, -0.2) is 0 Å². The number of halogens is 1. The van der Waals surface area contributed by atoms with E-state index in [-0.39, 0.29) is 0 Å². The van der Waals surface area contributed by atoms with Crippen molar-refractivity contribution >= 4 is 46.1 Å². The van der Waals surface area contributed by atoms with Crippen LogP contribution in [0.1, 0.15) is 18.4 Å². The predicted molar refractivity (Wildman–Crippen MR) is 124 cm³/mol. The predicted octanol–water partition coefficient (Wildman–Crippen LogP) is 2.87. The fourth-order valence-corrected chi connectivity index (χ4v) is 4.24. The first kappa shape index (κ1) is 20.5. The summed E-state index contributed by atoms with van der Waals surface area (Å²) in [6, 6.07) is 6.30. The molecule has 156 valence electrons. The Morgan fingerprint density at radius 2 is 1.79 bits per heavy atom. The molecule has 1 aromatic heterocycles. The molecule has 9 heteroatoms. The number of benzene rings is 1. The van der Waals surface area contributed by atoms with Crippen LogP contribution >= 0.6 is 22.6 Å². The summed E-state index contributed by atoms with van der Waals surface area (Å²) in [4.78, 5) is 18.6. The number of morpholine rings is 1. The second kappa shape index (κ2) is 9.86. The Morgan fingerprint density at radius 3 is 2.55 bits per heavy atom. The van der Waals surface area contributed by atoms with Crippen LogP contribution in [0.3, 0.4) is 0 Å². The maximum absolute atomic E-state index is 5.42. The van der Waals surface area contributed by atoms with Gasteiger partial charge in [-0.3, -0.25) is 4.90 Å². The monoisotopic (exact) mass is 509 g/mol. The van der Waals surface area contributed by atoms with Crippen LogP contribution in [0.4, 0.5) is 23.5 Å². The summed E-state index contributed by atoms with van der Waals surface area (Å²) in [6.07, 6.45) is 2.37. The van der Waals surface area contributed by atoms with E-state index < -0.39 is 0 Å². The van der Waals surface area contributed by atoms with Gasteiger partial charge in [0.2, 0.25) is 17.8 Å². The molecule has 0 saturated carbocycles. The standard InChI is InChI=1S/C20H28IN7O/c1-15-14-16(21)4-5-17(15)23-19-24-18(22-6-9-27-10-12-29-13-11-27)25-20(26-19)28-7-2-3-8-28/h4-5,14H,2-3,6-13H2,1H3,(H2,22,23,24,25,26). The first-order valence-electron chi connectivity index (χ1n) is 10.3. The van der Waals surface area contributed by atoms with Crippen molar-refractivity contribution in [2.45, 2.75) is 19.8 Å². The zero-order chi connectivity index (χ0) is 20.1. The van der Waals surface area contributed by atoms with Gasteiger partial charge >= 0.3 is 0 Å². The third kappa shape index (κ3) is 5.67. The number of anilines is 4. The van der Waals surface area contributed by atoms with E-state index in [1.807, 2.05) is 0 Å². The van der Waals surface area contributed by atoms with E-state index in [0.29, 0.717) is 11.9 Å². The topological polar surface area (TPSA) is 78.4 Å². The highest BCUT2D eigenvalue weighted by atomic mass is 127. The zero-order valence-corrected chi connectivity index (χ0v) is 19.0. The summed E-state index contributed by atoms with van der Waals surface area (Å²) in [5.41, 5.74) is 2.19. The molecule has 0 aliphatic carbocycles. The molecule has 0 radical (unpaired) electrons. The normalized spacial score (nSPS) is 17.5. The highest BCUT2D eigenvalue weighted by Gasteiger charge is 2.18. The molecule has 3 heterocycles. The molecule has 0 unspecified atom stereocenters. The van der Waals surface area contributed by atoms with Crippen molar-refractivity contribution in [2.24, 2.45) is 0 Å². The van der Waals surface area contributed by atoms with Gasteiger partial charge in [-0.05, 0) is 66.1 Å². The van der Waals surface area contributed by atoms with E-state index in [9.17, 15) is 0 Å². The van der Waals surface area contributed by atoms with E-state index in [2.05, 4.69) is 78.1 Å². The Balaban J connectivity index is 1.48. The molecule has 2 N–H and O–H groups in total. The Kier molecular flexibility index (Phi) is 6.98. The van der Waals surface area contributed by atoms with Gasteiger partial charge in [0, 0.05) is 48.5 Å². The fraction of sp³-hybridized carbons (Fsp3) is 0.550. The number of nitrogens with one attached hydrogen (secondary N) is 2. The third-order valence-corrected chi connectivity index (χ3v) is 5.93. The largest absolute Gasteiger partial charge is 0.379 e. The molecule has 0 amide bonds. The number of ether oxygens (including phenoxy) is 1. The highest BCUT2D eigenvalue weighted by molar-refractivity contribution is 14.1. The van der Waals surface area contributed by atoms with Crippen LogP contribution in [0.15, 0.2) is 18.2 Å². The average molecular weight is 509 g/mol. The van der Waals surface area contributed by atoms with Gasteiger partial charge in [-0.1, -0.05) is 0 Å². The van der Waals surface area contributed by atoms with E-state index in [0.717, 1.165) is 64.1 Å². The smallest absolute Gasteiger partial charge is 0.233 e. The zero-order valence-electron chi connectivity index (χ0n) is 16.8. The first-order chi connectivity index (χ1) is 14.2. The second-order valence-electron chi connectivity index (χ2n) is 7.44. The molecule has 2 aliphatic heterocycles. The molecular formula is C20H28IN7O. The van der Waals surface area contributed by atoms with E-state index in [1.54, 1.807) is 0 Å². The van der Waals surface area contributed by atoms with Crippen molar-refractivity contribution in [1.82, 2.24) is 19.9 Å². The molecule has 2 aromatic rings. The number of hydrogen-bond acceptors (Lipinski definition) is 8. The Labute approximate surface area is 185 Å². The van der Waals surface area contributed by atoms with Gasteiger partial charge in [-0.2, -0.15) is 15.0 Å². The van der Waals surface area contributed by atoms with Gasteiger partial charge in [0.15, 0.2) is 0 Å². The van der Waals surface area contributed by atoms with Crippen LogP contribution in [-0.4, -0.2) is 72.3 Å². The molecule has 2 aliphatic rings. The van der Waals surface area contributed by atoms with Gasteiger partial charge in [0.1, 0.15) is 0 Å². The maximum Gasteiger partial charge on any atom is 0.233 e. The highest BCUT2D eigenvalue weighted by Crippen LogP contribution is 2.23. The summed E-state index contributed by atoms with van der Waals surface area (Å²) in [6.45, 7) is 9.43. The lowest BCUT2D eigenvalue weighted by atomic mass is 10.2. The van der Waals surface area contributed by atoms with E-state index in [1.165, 1.54) is 22.0 Å². The number of aromatic nitrogens is 3. The van der Waals surface area contributed by atoms with Crippen LogP contribution in [0.2, 0.25) is 0 Å². The van der Waals surface area contributed by atoms with Crippen molar-refractivity contribution in [3.05, 3.63) is 27.3 Å². The average Bonchev–Trinajstić information content (AvgIpc) is 3.26. The van der Waals surface area contributed by atoms with Crippen LogP contribution in [0.25, 0.3) is 0 Å². The van der Waals surface area contributed by atoms with Crippen molar-refractivity contribution in [3.63, 3.8) is 0 Å². The number of aryl methyl sites for hydroxylation is 1. The molecule has 2 saturated heterocycles. The first-order valence-corrected chi connectivity index (χ1v) is 11.3. The minimum Gasteiger partial charge on any atom is -0.379 e. The molecule has 1 aromatic carbocycles. The lowest BCUT2D eigenvalue weighted by molar-refractivity contribution is 0.0398. The van der Waals surface area contributed by atoms with Crippen LogP contribution in [0, 0.1) is 10.5 Å². The Morgan fingerprint density at radius 1 is 1.03 bits per heavy atom. The fourth-order valence-electron chi connectivity index (χ4n) is 3.60. The van der Waals surface area contributed by atoms with Gasteiger partial charge in [0.05, 0.1) is 13.2 Å². The third-order valence-electron chi connectivity index (χ3n) is 5.26. The molecule has 4 rings (SSSR count). The number of rotatable bonds is 7. The Hall–Kier alpha value is -1.72. The summed E-state index contributed by atoms with van der Waals surface area (Å²) >= 11 is 2.33. The van der Waals surface area contributed by atoms with Gasteiger partial charge in [0.25, 0.3) is 0 Å². The summed E-state index contributed by atoms with van der Waals surface area (Å²) < 4.78 is 6.63. The SMILES string of the molecule is Cc1cc(I)ccc1Nc1nc(NCCN2CCOCC2)nc(N2CCCC2)n1. The van der Waals surface area contributed by atoms with Crippen LogP contribution < -0.4 is 15.5 Å². The second-order valence-corrected chi connectivity index (χ2v) is 8.69. The molecule has 0 bridgehead atoms. The lowest BCUT2D eigenvalue weighted by Crippen LogP contribution is -2.39. The minimum atomic E-state index is 0.583. The van der Waals surface area contributed by atoms with Gasteiger partial charge < -0.3 is 20.3 Å². The maximum atomic E-state index is 5.42. The van der Waals surface area contributed by atoms with E-state index in [4.69, 9.17) is 9.72 Å². The van der Waals surface area contributed by atoms with Crippen molar-refractivity contribution in [1.29, 1.82) is 0 Å². The minimum absolute atomic E-state index is 0.583.